The Labute approximate surface area is 620 Å². The molecule has 0 spiro atoms. The van der Waals surface area contributed by atoms with Gasteiger partial charge in [0.15, 0.2) is 37.7 Å². The average Bonchev–Trinajstić information content (AvgIpc) is 0.786. The van der Waals surface area contributed by atoms with Gasteiger partial charge in [0.1, 0.15) is 30.5 Å². The van der Waals surface area contributed by atoms with Gasteiger partial charge in [0.2, 0.25) is 0 Å². The van der Waals surface area contributed by atoms with Crippen LogP contribution in [-0.2, 0) is 166 Å². The maximum absolute atomic E-state index is 12.9. The number of hydrogen-bond donors (Lipinski definition) is 9. The van der Waals surface area contributed by atoms with Crippen LogP contribution in [0.15, 0.2) is 91.0 Å². The Hall–Kier alpha value is -4.16. The van der Waals surface area contributed by atoms with Gasteiger partial charge in [-0.1, -0.05) is 112 Å². The standard InChI is InChI=1S/C62H89N3O36S6/c1-5-6-16-23-84-54-25-44(85-28-40-17-10-7-11-18-40)50(31-88-54)99-62-58(65-104(72,73)74)39(4)59(53(100-62)36-93-107(81,82)83)101-56-27-46(87-30-42-21-14-9-15-22-42)49(32-90-56)96-60-43(63-102(66,67)68)24-47(52(97-60)35-92-106(78,79)80)94-55-26-45(86-29-41-19-12-8-13-20-41)51(33-89-55)98-61-57(64-103(69,70)71)38(3)37(2)48(95-61)34-91-105(75,76)77/h1,7-15,17-22,37-39,43-65H,6,16,23-36H2,2-4H3,(H,66,67,68)(H,69,70,71)(H,72,73,74)(H,75,76,77)(H,78,79,80)(H,81,82,83)/t37-,38+,39-,43?,44+,45+,46+,47-,48?,49+,50+,51+,52?,53?,54-,55+,56+,57?,58?,59-,60-,61+,62-/m1/s1. The van der Waals surface area contributed by atoms with Gasteiger partial charge in [-0.25, -0.2) is 12.5 Å². The van der Waals surface area contributed by atoms with Crippen molar-refractivity contribution >= 4 is 62.1 Å². The van der Waals surface area contributed by atoms with Gasteiger partial charge in [0, 0.05) is 31.6 Å². The third-order valence-corrected chi connectivity index (χ3v) is 21.3. The van der Waals surface area contributed by atoms with Crippen molar-refractivity contribution in [3.8, 4) is 12.3 Å². The van der Waals surface area contributed by atoms with Gasteiger partial charge in [-0.05, 0) is 41.4 Å². The molecule has 0 aromatic heterocycles. The summed E-state index contributed by atoms with van der Waals surface area (Å²) in [5.41, 5.74) is 2.02. The first-order chi connectivity index (χ1) is 50.4. The second-order valence-electron chi connectivity index (χ2n) is 26.0. The highest BCUT2D eigenvalue weighted by Gasteiger charge is 2.53. The predicted octanol–water partition coefficient (Wildman–Crippen LogP) is 1.55. The molecule has 9 N–H and O–H groups in total. The highest BCUT2D eigenvalue weighted by molar-refractivity contribution is 7.84. The first kappa shape index (κ1) is 86.8. The van der Waals surface area contributed by atoms with E-state index in [2.05, 4.69) is 19.5 Å². The summed E-state index contributed by atoms with van der Waals surface area (Å²) in [4.78, 5) is 0. The zero-order valence-corrected chi connectivity index (χ0v) is 62.6. The van der Waals surface area contributed by atoms with Crippen LogP contribution in [0.2, 0.25) is 0 Å². The second kappa shape index (κ2) is 39.1. The first-order valence-electron chi connectivity index (χ1n) is 33.6. The molecule has 107 heavy (non-hydrogen) atoms. The van der Waals surface area contributed by atoms with Crippen molar-refractivity contribution in [2.45, 2.75) is 202 Å². The lowest BCUT2D eigenvalue weighted by Crippen LogP contribution is -2.64. The molecule has 0 saturated carbocycles. The van der Waals surface area contributed by atoms with Crippen LogP contribution < -0.4 is 14.2 Å². The number of rotatable bonds is 38. The molecule has 6 unspecified atom stereocenters. The highest BCUT2D eigenvalue weighted by Crippen LogP contribution is 2.39. The van der Waals surface area contributed by atoms with Gasteiger partial charge in [0.05, 0.1) is 121 Å². The Kier molecular flexibility index (Phi) is 31.7. The minimum atomic E-state index is -5.29. The molecule has 23 atom stereocenters. The van der Waals surface area contributed by atoms with E-state index in [1.54, 1.807) is 86.6 Å². The molecule has 6 fully saturated rings. The van der Waals surface area contributed by atoms with Gasteiger partial charge in [0.25, 0.3) is 0 Å². The fourth-order valence-corrected chi connectivity index (χ4v) is 15.7. The number of terminal acetylenes is 1. The Morgan fingerprint density at radius 3 is 1.24 bits per heavy atom. The Balaban J connectivity index is 0.953. The molecule has 6 aliphatic rings. The van der Waals surface area contributed by atoms with Gasteiger partial charge in [-0.15, -0.1) is 12.3 Å². The summed E-state index contributed by atoms with van der Waals surface area (Å²) in [5, 5.41) is 0. The van der Waals surface area contributed by atoms with Crippen molar-refractivity contribution in [2.75, 3.05) is 46.2 Å². The third kappa shape index (κ3) is 28.5. The minimum absolute atomic E-state index is 0.0660. The maximum atomic E-state index is 12.9. The number of ether oxygens (including phenoxy) is 15. The lowest BCUT2D eigenvalue weighted by Gasteiger charge is -2.48. The zero-order chi connectivity index (χ0) is 77.5. The third-order valence-electron chi connectivity index (χ3n) is 18.3. The Morgan fingerprint density at radius 2 is 0.804 bits per heavy atom. The smallest absolute Gasteiger partial charge is 0.371 e. The lowest BCUT2D eigenvalue weighted by atomic mass is 9.82. The van der Waals surface area contributed by atoms with Crippen molar-refractivity contribution in [3.63, 3.8) is 0 Å². The molecule has 9 rings (SSSR count). The van der Waals surface area contributed by atoms with Crippen LogP contribution >= 0.6 is 0 Å². The number of unbranched alkanes of at least 4 members (excludes halogenated alkanes) is 1. The van der Waals surface area contributed by atoms with Gasteiger partial charge in [-0.3, -0.25) is 27.3 Å². The molecule has 6 saturated heterocycles. The molecule has 3 aromatic rings. The molecular weight excluding hydrogens is 1560 g/mol. The van der Waals surface area contributed by atoms with Crippen molar-refractivity contribution in [1.82, 2.24) is 14.2 Å². The van der Waals surface area contributed by atoms with Crippen molar-refractivity contribution in [1.29, 1.82) is 0 Å². The summed E-state index contributed by atoms with van der Waals surface area (Å²) in [6.07, 6.45) is -18.2. The topological polar surface area (TPSA) is 528 Å². The van der Waals surface area contributed by atoms with Crippen LogP contribution in [0.4, 0.5) is 0 Å². The Morgan fingerprint density at radius 1 is 0.421 bits per heavy atom. The van der Waals surface area contributed by atoms with E-state index in [0.717, 1.165) is 5.56 Å². The van der Waals surface area contributed by atoms with E-state index in [1.807, 2.05) is 22.9 Å². The number of benzene rings is 3. The number of hydrogen-bond acceptors (Lipinski definition) is 30. The highest BCUT2D eigenvalue weighted by atomic mass is 32.3. The lowest BCUT2D eigenvalue weighted by molar-refractivity contribution is -0.340. The van der Waals surface area contributed by atoms with Crippen LogP contribution in [0.5, 0.6) is 0 Å². The van der Waals surface area contributed by atoms with Gasteiger partial charge < -0.3 is 71.1 Å². The van der Waals surface area contributed by atoms with Crippen LogP contribution in [0.1, 0.15) is 76.0 Å². The first-order valence-corrected chi connectivity index (χ1v) is 42.0. The molecule has 0 aliphatic carbocycles. The summed E-state index contributed by atoms with van der Waals surface area (Å²) in [5.74, 6) is -0.189. The van der Waals surface area contributed by atoms with E-state index >= 15 is 0 Å². The summed E-state index contributed by atoms with van der Waals surface area (Å²) in [6.45, 7) is 0.459. The molecule has 0 bridgehead atoms. The summed E-state index contributed by atoms with van der Waals surface area (Å²) in [6, 6.07) is 21.6. The Bertz CT molecular complexity index is 4030. The van der Waals surface area contributed by atoms with E-state index in [0.29, 0.717) is 24.0 Å². The summed E-state index contributed by atoms with van der Waals surface area (Å²) < 4.78 is 323. The molecule has 0 amide bonds. The van der Waals surface area contributed by atoms with Gasteiger partial charge >= 0.3 is 62.1 Å². The molecule has 3 aromatic carbocycles. The summed E-state index contributed by atoms with van der Waals surface area (Å²) in [7, 11) is -30.9. The second-order valence-corrected chi connectivity index (χ2v) is 32.8. The monoisotopic (exact) mass is 1640 g/mol. The van der Waals surface area contributed by atoms with Crippen molar-refractivity contribution < 1.29 is 161 Å². The fraction of sp³-hybridized carbons (Fsp3) is 0.677. The van der Waals surface area contributed by atoms with Crippen molar-refractivity contribution in [2.24, 2.45) is 17.8 Å². The maximum Gasteiger partial charge on any atom is 0.397 e. The minimum Gasteiger partial charge on any atom is -0.371 e. The molecular formula is C62H89N3O36S6. The van der Waals surface area contributed by atoms with Gasteiger partial charge in [-0.2, -0.15) is 64.7 Å². The molecule has 39 nitrogen and oxygen atoms in total. The van der Waals surface area contributed by atoms with Crippen LogP contribution in [-0.4, -0.2) is 247 Å². The van der Waals surface area contributed by atoms with Crippen LogP contribution in [0, 0.1) is 30.1 Å². The molecule has 0 radical (unpaired) electrons. The van der Waals surface area contributed by atoms with E-state index < -0.39 is 242 Å². The van der Waals surface area contributed by atoms with E-state index in [1.165, 1.54) is 6.92 Å². The molecule has 6 heterocycles. The van der Waals surface area contributed by atoms with E-state index in [4.69, 9.17) is 85.8 Å². The largest absolute Gasteiger partial charge is 0.397 e. The van der Waals surface area contributed by atoms with E-state index in [-0.39, 0.29) is 52.3 Å². The summed E-state index contributed by atoms with van der Waals surface area (Å²) >= 11 is 0. The number of nitrogens with one attached hydrogen (secondary N) is 3. The quantitative estimate of drug-likeness (QED) is 0.0223. The predicted molar refractivity (Wildman–Crippen MR) is 363 cm³/mol. The van der Waals surface area contributed by atoms with Crippen molar-refractivity contribution in [3.05, 3.63) is 108 Å². The normalized spacial score (nSPS) is 33.7. The molecule has 6 aliphatic heterocycles. The molecule has 45 heteroatoms. The van der Waals surface area contributed by atoms with E-state index in [9.17, 15) is 77.8 Å². The fourth-order valence-electron chi connectivity index (χ4n) is 12.9. The van der Waals surface area contributed by atoms with Crippen LogP contribution in [0.3, 0.4) is 0 Å². The average molecular weight is 1640 g/mol. The molecule has 604 valence electrons. The SMILES string of the molecule is C#CCCCO[C@H]1C[C@H](OCc2ccccc2)[C@@H](O[C@@H]2OC(COS(=O)(=O)O)[C@H](O[C@H]3C[C@H](OCc4ccccc4)[C@@H](O[C@@H]4OC(COS(=O)(=O)O)[C@H](O[C@H]5C[C@H](OCc6ccccc6)[C@@H](O[C@@H]6OC(COS(=O)(=O)O)[C@H](C)[C@H](C)C6NS(=O)(=O)O)CO5)CC4NS(=O)(=O)O)CO3)[C@H](C)C2NS(=O)(=O)O)CO1. The zero-order valence-electron chi connectivity index (χ0n) is 57.7. The van der Waals surface area contributed by atoms with Crippen LogP contribution in [0.25, 0.3) is 0 Å².